The van der Waals surface area contributed by atoms with Crippen molar-refractivity contribution < 1.29 is 19.1 Å². The SMILES string of the molecule is COc1cc(Cl)ccc1C(=O)Nc1ccc(NC(=O)OC(C)(C)C)cc1. The van der Waals surface area contributed by atoms with Crippen molar-refractivity contribution >= 4 is 35.0 Å². The van der Waals surface area contributed by atoms with Gasteiger partial charge in [0.05, 0.1) is 12.7 Å². The summed E-state index contributed by atoms with van der Waals surface area (Å²) >= 11 is 5.90. The van der Waals surface area contributed by atoms with E-state index in [2.05, 4.69) is 10.6 Å². The molecule has 7 heteroatoms. The Labute approximate surface area is 157 Å². The van der Waals surface area contributed by atoms with E-state index in [-0.39, 0.29) is 5.91 Å². The van der Waals surface area contributed by atoms with E-state index in [0.29, 0.717) is 27.7 Å². The zero-order chi connectivity index (χ0) is 19.3. The molecule has 0 saturated heterocycles. The molecule has 0 aromatic heterocycles. The van der Waals surface area contributed by atoms with Crippen molar-refractivity contribution in [2.75, 3.05) is 17.7 Å². The molecule has 0 saturated carbocycles. The van der Waals surface area contributed by atoms with E-state index in [0.717, 1.165) is 0 Å². The normalized spacial score (nSPS) is 10.8. The fraction of sp³-hybridized carbons (Fsp3) is 0.263. The maximum Gasteiger partial charge on any atom is 0.412 e. The minimum absolute atomic E-state index is 0.327. The Morgan fingerprint density at radius 1 is 0.962 bits per heavy atom. The summed E-state index contributed by atoms with van der Waals surface area (Å²) in [4.78, 5) is 24.1. The second-order valence-electron chi connectivity index (χ2n) is 6.50. The highest BCUT2D eigenvalue weighted by Gasteiger charge is 2.16. The molecule has 0 aliphatic carbocycles. The van der Waals surface area contributed by atoms with Crippen molar-refractivity contribution in [3.63, 3.8) is 0 Å². The van der Waals surface area contributed by atoms with E-state index in [1.54, 1.807) is 63.2 Å². The fourth-order valence-electron chi connectivity index (χ4n) is 2.11. The Morgan fingerprint density at radius 3 is 2.08 bits per heavy atom. The van der Waals surface area contributed by atoms with Gasteiger partial charge in [0.1, 0.15) is 11.4 Å². The van der Waals surface area contributed by atoms with E-state index >= 15 is 0 Å². The molecular formula is C19H21ClN2O4. The summed E-state index contributed by atoms with van der Waals surface area (Å²) in [6, 6.07) is 11.5. The topological polar surface area (TPSA) is 76.7 Å². The van der Waals surface area contributed by atoms with Crippen LogP contribution in [0.1, 0.15) is 31.1 Å². The third-order valence-electron chi connectivity index (χ3n) is 3.20. The molecule has 0 fully saturated rings. The number of anilines is 2. The average molecular weight is 377 g/mol. The van der Waals surface area contributed by atoms with E-state index in [9.17, 15) is 9.59 Å². The first kappa shape index (κ1) is 19.6. The molecule has 0 heterocycles. The summed E-state index contributed by atoms with van der Waals surface area (Å²) in [6.45, 7) is 5.36. The maximum atomic E-state index is 12.4. The highest BCUT2D eigenvalue weighted by atomic mass is 35.5. The maximum absolute atomic E-state index is 12.4. The summed E-state index contributed by atoms with van der Waals surface area (Å²) < 4.78 is 10.4. The zero-order valence-electron chi connectivity index (χ0n) is 15.1. The van der Waals surface area contributed by atoms with Crippen LogP contribution in [0, 0.1) is 0 Å². The van der Waals surface area contributed by atoms with Crippen molar-refractivity contribution in [3.05, 3.63) is 53.1 Å². The third-order valence-corrected chi connectivity index (χ3v) is 3.43. The molecule has 2 aromatic rings. The van der Waals surface area contributed by atoms with Gasteiger partial charge in [-0.2, -0.15) is 0 Å². The van der Waals surface area contributed by atoms with Crippen LogP contribution in [-0.4, -0.2) is 24.7 Å². The molecule has 26 heavy (non-hydrogen) atoms. The number of carbonyl (C=O) groups excluding carboxylic acids is 2. The smallest absolute Gasteiger partial charge is 0.412 e. The molecule has 0 aliphatic rings. The summed E-state index contributed by atoms with van der Waals surface area (Å²) in [5.41, 5.74) is 0.922. The van der Waals surface area contributed by atoms with Gasteiger partial charge in [0.25, 0.3) is 5.91 Å². The minimum Gasteiger partial charge on any atom is -0.496 e. The number of halogens is 1. The van der Waals surface area contributed by atoms with Crippen LogP contribution in [0.2, 0.25) is 5.02 Å². The number of hydrogen-bond acceptors (Lipinski definition) is 4. The summed E-state index contributed by atoms with van der Waals surface area (Å²) in [5.74, 6) is 0.0598. The van der Waals surface area contributed by atoms with Gasteiger partial charge in [-0.05, 0) is 63.2 Å². The van der Waals surface area contributed by atoms with Gasteiger partial charge in [-0.15, -0.1) is 0 Å². The highest BCUT2D eigenvalue weighted by Crippen LogP contribution is 2.24. The number of hydrogen-bond donors (Lipinski definition) is 2. The van der Waals surface area contributed by atoms with Crippen LogP contribution in [0.25, 0.3) is 0 Å². The van der Waals surface area contributed by atoms with Crippen LogP contribution in [0.5, 0.6) is 5.75 Å². The van der Waals surface area contributed by atoms with Crippen LogP contribution in [-0.2, 0) is 4.74 Å². The number of carbonyl (C=O) groups is 2. The van der Waals surface area contributed by atoms with Gasteiger partial charge >= 0.3 is 6.09 Å². The first-order valence-electron chi connectivity index (χ1n) is 7.93. The lowest BCUT2D eigenvalue weighted by Gasteiger charge is -2.19. The Morgan fingerprint density at radius 2 is 1.54 bits per heavy atom. The van der Waals surface area contributed by atoms with Gasteiger partial charge in [0, 0.05) is 16.4 Å². The molecule has 0 spiro atoms. The first-order valence-corrected chi connectivity index (χ1v) is 8.31. The predicted molar refractivity (Wildman–Crippen MR) is 102 cm³/mol. The number of ether oxygens (including phenoxy) is 2. The lowest BCUT2D eigenvalue weighted by atomic mass is 10.1. The number of benzene rings is 2. The van der Waals surface area contributed by atoms with Crippen LogP contribution in [0.15, 0.2) is 42.5 Å². The predicted octanol–water partition coefficient (Wildman–Crippen LogP) is 4.95. The Bertz CT molecular complexity index is 798. The molecule has 0 atom stereocenters. The highest BCUT2D eigenvalue weighted by molar-refractivity contribution is 6.31. The van der Waals surface area contributed by atoms with Crippen molar-refractivity contribution in [1.82, 2.24) is 0 Å². The summed E-state index contributed by atoms with van der Waals surface area (Å²) in [6.07, 6.45) is -0.541. The molecule has 6 nitrogen and oxygen atoms in total. The summed E-state index contributed by atoms with van der Waals surface area (Å²) in [7, 11) is 1.47. The molecular weight excluding hydrogens is 356 g/mol. The largest absolute Gasteiger partial charge is 0.496 e. The van der Waals surface area contributed by atoms with E-state index in [1.807, 2.05) is 0 Å². The molecule has 2 rings (SSSR count). The van der Waals surface area contributed by atoms with E-state index in [1.165, 1.54) is 7.11 Å². The molecule has 138 valence electrons. The van der Waals surface area contributed by atoms with Crippen LogP contribution < -0.4 is 15.4 Å². The number of rotatable bonds is 4. The number of nitrogens with one attached hydrogen (secondary N) is 2. The summed E-state index contributed by atoms with van der Waals surface area (Å²) in [5, 5.41) is 5.87. The van der Waals surface area contributed by atoms with Gasteiger partial charge in [0.15, 0.2) is 0 Å². The Kier molecular flexibility index (Phi) is 6.10. The molecule has 2 amide bonds. The Balaban J connectivity index is 2.03. The lowest BCUT2D eigenvalue weighted by Crippen LogP contribution is -2.27. The number of methoxy groups -OCH3 is 1. The zero-order valence-corrected chi connectivity index (χ0v) is 15.8. The van der Waals surface area contributed by atoms with E-state index in [4.69, 9.17) is 21.1 Å². The first-order chi connectivity index (χ1) is 12.2. The average Bonchev–Trinajstić information content (AvgIpc) is 2.54. The molecule has 0 unspecified atom stereocenters. The quantitative estimate of drug-likeness (QED) is 0.791. The van der Waals surface area contributed by atoms with Crippen LogP contribution in [0.4, 0.5) is 16.2 Å². The molecule has 0 aliphatic heterocycles. The van der Waals surface area contributed by atoms with Gasteiger partial charge in [0.2, 0.25) is 0 Å². The van der Waals surface area contributed by atoms with Gasteiger partial charge in [-0.1, -0.05) is 11.6 Å². The molecule has 0 radical (unpaired) electrons. The van der Waals surface area contributed by atoms with Crippen LogP contribution in [0.3, 0.4) is 0 Å². The molecule has 2 N–H and O–H groups in total. The Hall–Kier alpha value is -2.73. The van der Waals surface area contributed by atoms with Crippen molar-refractivity contribution in [2.45, 2.75) is 26.4 Å². The van der Waals surface area contributed by atoms with Gasteiger partial charge in [-0.25, -0.2) is 4.79 Å². The van der Waals surface area contributed by atoms with Crippen molar-refractivity contribution in [2.24, 2.45) is 0 Å². The molecule has 0 bridgehead atoms. The van der Waals surface area contributed by atoms with Gasteiger partial charge in [-0.3, -0.25) is 10.1 Å². The second kappa shape index (κ2) is 8.10. The van der Waals surface area contributed by atoms with E-state index < -0.39 is 11.7 Å². The van der Waals surface area contributed by atoms with Gasteiger partial charge < -0.3 is 14.8 Å². The van der Waals surface area contributed by atoms with Crippen molar-refractivity contribution in [3.8, 4) is 5.75 Å². The fourth-order valence-corrected chi connectivity index (χ4v) is 2.27. The lowest BCUT2D eigenvalue weighted by molar-refractivity contribution is 0.0635. The van der Waals surface area contributed by atoms with Crippen molar-refractivity contribution in [1.29, 1.82) is 0 Å². The monoisotopic (exact) mass is 376 g/mol. The standard InChI is InChI=1S/C19H21ClN2O4/c1-19(2,3)26-18(24)22-14-8-6-13(7-9-14)21-17(23)15-10-5-12(20)11-16(15)25-4/h5-11H,1-4H3,(H,21,23)(H,22,24). The third kappa shape index (κ3) is 5.67. The minimum atomic E-state index is -0.574. The number of amides is 2. The second-order valence-corrected chi connectivity index (χ2v) is 6.94. The van der Waals surface area contributed by atoms with Crippen LogP contribution >= 0.6 is 11.6 Å². The molecule has 2 aromatic carbocycles.